The third kappa shape index (κ3) is 4.62. The first-order valence-corrected chi connectivity index (χ1v) is 8.73. The molecule has 0 saturated carbocycles. The highest BCUT2D eigenvalue weighted by atomic mass is 32.2. The minimum Gasteiger partial charge on any atom is -0.313 e. The molecule has 1 atom stereocenters. The van der Waals surface area contributed by atoms with Crippen LogP contribution in [0.25, 0.3) is 0 Å². The first kappa shape index (κ1) is 16.1. The van der Waals surface area contributed by atoms with Gasteiger partial charge in [0.05, 0.1) is 0 Å². The number of aryl methyl sites for hydroxylation is 1. The van der Waals surface area contributed by atoms with Crippen molar-refractivity contribution in [3.63, 3.8) is 0 Å². The van der Waals surface area contributed by atoms with E-state index in [1.165, 1.54) is 21.6 Å². The van der Waals surface area contributed by atoms with Crippen LogP contribution in [0.4, 0.5) is 0 Å². The average molecular weight is 299 g/mol. The Balaban J connectivity index is 2.07. The molecule has 0 bridgehead atoms. The van der Waals surface area contributed by atoms with Gasteiger partial charge in [-0.05, 0) is 54.5 Å². The quantitative estimate of drug-likeness (QED) is 0.732. The van der Waals surface area contributed by atoms with Crippen LogP contribution < -0.4 is 5.32 Å². The van der Waals surface area contributed by atoms with Gasteiger partial charge in [-0.1, -0.05) is 50.2 Å². The summed E-state index contributed by atoms with van der Waals surface area (Å²) in [4.78, 5) is 1.35. The van der Waals surface area contributed by atoms with E-state index in [1.54, 1.807) is 0 Å². The van der Waals surface area contributed by atoms with Gasteiger partial charge in [-0.15, -0.1) is 11.8 Å². The Hall–Kier alpha value is -1.25. The van der Waals surface area contributed by atoms with E-state index in [4.69, 9.17) is 0 Å². The van der Waals surface area contributed by atoms with Crippen LogP contribution in [0.1, 0.15) is 36.6 Å². The number of hydrogen-bond donors (Lipinski definition) is 1. The van der Waals surface area contributed by atoms with Gasteiger partial charge in [0, 0.05) is 10.9 Å². The molecule has 1 N–H and O–H groups in total. The number of benzene rings is 2. The van der Waals surface area contributed by atoms with Crippen LogP contribution in [0.5, 0.6) is 0 Å². The Morgan fingerprint density at radius 3 is 2.05 bits per heavy atom. The molecule has 0 aliphatic heterocycles. The molecule has 0 fully saturated rings. The predicted molar refractivity (Wildman–Crippen MR) is 94.2 cm³/mol. The van der Waals surface area contributed by atoms with Gasteiger partial charge >= 0.3 is 0 Å². The number of likely N-dealkylation sites (N-methyl/N-ethyl adjacent to an activating group) is 1. The van der Waals surface area contributed by atoms with Crippen LogP contribution in [0.2, 0.25) is 0 Å². The molecule has 0 aliphatic carbocycles. The molecule has 1 nitrogen and oxygen atoms in total. The van der Waals surface area contributed by atoms with E-state index in [9.17, 15) is 0 Å². The summed E-state index contributed by atoms with van der Waals surface area (Å²) in [6.07, 6.45) is 2.13. The minimum atomic E-state index is 0.373. The molecule has 0 saturated heterocycles. The zero-order valence-electron chi connectivity index (χ0n) is 13.2. The van der Waals surface area contributed by atoms with Crippen molar-refractivity contribution in [1.82, 2.24) is 5.32 Å². The van der Waals surface area contributed by atoms with Gasteiger partial charge in [-0.3, -0.25) is 0 Å². The molecule has 2 aromatic carbocycles. The Bertz CT molecular complexity index is 530. The van der Waals surface area contributed by atoms with Gasteiger partial charge in [-0.25, -0.2) is 0 Å². The Morgan fingerprint density at radius 1 is 0.905 bits per heavy atom. The smallest absolute Gasteiger partial charge is 0.0358 e. The molecule has 21 heavy (non-hydrogen) atoms. The predicted octanol–water partition coefficient (Wildman–Crippen LogP) is 4.86. The number of thioether (sulfide) groups is 1. The van der Waals surface area contributed by atoms with E-state index in [-0.39, 0.29) is 0 Å². The summed E-state index contributed by atoms with van der Waals surface area (Å²) >= 11 is 1.89. The highest BCUT2D eigenvalue weighted by Gasteiger charge is 2.10. The van der Waals surface area contributed by atoms with Crippen molar-refractivity contribution in [2.45, 2.75) is 37.6 Å². The molecule has 0 amide bonds. The van der Waals surface area contributed by atoms with Crippen molar-refractivity contribution in [2.75, 3.05) is 12.8 Å². The van der Waals surface area contributed by atoms with Crippen molar-refractivity contribution in [1.29, 1.82) is 0 Å². The third-order valence-corrected chi connectivity index (χ3v) is 4.71. The summed E-state index contributed by atoms with van der Waals surface area (Å²) in [6, 6.07) is 18.3. The van der Waals surface area contributed by atoms with Gasteiger partial charge < -0.3 is 5.32 Å². The minimum absolute atomic E-state index is 0.373. The summed E-state index contributed by atoms with van der Waals surface area (Å²) in [7, 11) is 2.04. The summed E-state index contributed by atoms with van der Waals surface area (Å²) in [5.74, 6) is 1.12. The van der Waals surface area contributed by atoms with E-state index in [1.807, 2.05) is 18.8 Å². The average Bonchev–Trinajstić information content (AvgIpc) is 2.54. The van der Waals surface area contributed by atoms with Crippen molar-refractivity contribution < 1.29 is 0 Å². The van der Waals surface area contributed by atoms with E-state index >= 15 is 0 Å². The van der Waals surface area contributed by atoms with Crippen LogP contribution in [0.3, 0.4) is 0 Å². The summed E-state index contributed by atoms with van der Waals surface area (Å²) in [5.41, 5.74) is 4.15. The van der Waals surface area contributed by atoms with Gasteiger partial charge in [-0.2, -0.15) is 0 Å². The maximum atomic E-state index is 3.44. The lowest BCUT2D eigenvalue weighted by atomic mass is 9.98. The van der Waals surface area contributed by atoms with Crippen molar-refractivity contribution in [3.8, 4) is 0 Å². The molecule has 0 aromatic heterocycles. The second-order valence-electron chi connectivity index (χ2n) is 5.22. The lowest BCUT2D eigenvalue weighted by Crippen LogP contribution is -2.18. The van der Waals surface area contributed by atoms with Crippen molar-refractivity contribution >= 4 is 11.8 Å². The maximum absolute atomic E-state index is 3.44. The van der Waals surface area contributed by atoms with E-state index < -0.39 is 0 Å². The van der Waals surface area contributed by atoms with E-state index in [0.717, 1.165) is 18.6 Å². The molecule has 0 aliphatic rings. The molecule has 0 radical (unpaired) electrons. The Morgan fingerprint density at radius 2 is 1.52 bits per heavy atom. The largest absolute Gasteiger partial charge is 0.313 e. The molecular formula is C19H25NS. The normalized spacial score (nSPS) is 12.3. The highest BCUT2D eigenvalue weighted by molar-refractivity contribution is 7.99. The Kier molecular flexibility index (Phi) is 6.34. The van der Waals surface area contributed by atoms with Crippen molar-refractivity contribution in [3.05, 3.63) is 65.2 Å². The third-order valence-electron chi connectivity index (χ3n) is 3.81. The topological polar surface area (TPSA) is 12.0 Å². The molecule has 2 aromatic rings. The maximum Gasteiger partial charge on any atom is 0.0358 e. The lowest BCUT2D eigenvalue weighted by Gasteiger charge is -2.17. The fraction of sp³-hybridized carbons (Fsp3) is 0.368. The lowest BCUT2D eigenvalue weighted by molar-refractivity contribution is 0.591. The van der Waals surface area contributed by atoms with Crippen LogP contribution in [-0.4, -0.2) is 12.8 Å². The molecule has 2 rings (SSSR count). The van der Waals surface area contributed by atoms with Crippen LogP contribution in [-0.2, 0) is 12.8 Å². The van der Waals surface area contributed by atoms with Gasteiger partial charge in [0.25, 0.3) is 0 Å². The molecule has 112 valence electrons. The first-order valence-electron chi connectivity index (χ1n) is 7.74. The van der Waals surface area contributed by atoms with Crippen molar-refractivity contribution in [2.24, 2.45) is 0 Å². The van der Waals surface area contributed by atoms with Crippen LogP contribution in [0.15, 0.2) is 53.4 Å². The summed E-state index contributed by atoms with van der Waals surface area (Å²) in [5, 5.41) is 3.44. The monoisotopic (exact) mass is 299 g/mol. The van der Waals surface area contributed by atoms with Gasteiger partial charge in [0.2, 0.25) is 0 Å². The zero-order valence-corrected chi connectivity index (χ0v) is 14.0. The highest BCUT2D eigenvalue weighted by Crippen LogP contribution is 2.23. The molecule has 1 unspecified atom stereocenters. The second-order valence-corrected chi connectivity index (χ2v) is 6.55. The molecular weight excluding hydrogens is 274 g/mol. The second kappa shape index (κ2) is 8.26. The summed E-state index contributed by atoms with van der Waals surface area (Å²) in [6.45, 7) is 4.39. The van der Waals surface area contributed by atoms with E-state index in [2.05, 4.69) is 67.7 Å². The van der Waals surface area contributed by atoms with E-state index in [0.29, 0.717) is 6.04 Å². The Labute approximate surface area is 133 Å². The first-order chi connectivity index (χ1) is 10.3. The fourth-order valence-corrected chi connectivity index (χ4v) is 3.16. The molecule has 2 heteroatoms. The molecule has 0 spiro atoms. The van der Waals surface area contributed by atoms with Crippen LogP contribution >= 0.6 is 11.8 Å². The fourth-order valence-electron chi connectivity index (χ4n) is 2.50. The number of nitrogens with one attached hydrogen (secondary N) is 1. The molecule has 0 heterocycles. The van der Waals surface area contributed by atoms with Gasteiger partial charge in [0.15, 0.2) is 0 Å². The van der Waals surface area contributed by atoms with Gasteiger partial charge in [0.1, 0.15) is 0 Å². The number of hydrogen-bond acceptors (Lipinski definition) is 2. The standard InChI is InChI=1S/C19H25NS/c1-4-15-6-8-16(9-7-15)14-19(20-3)17-10-12-18(13-11-17)21-5-2/h6-13,19-20H,4-5,14H2,1-3H3. The zero-order chi connectivity index (χ0) is 15.1. The number of rotatable bonds is 7. The summed E-state index contributed by atoms with van der Waals surface area (Å²) < 4.78 is 0. The van der Waals surface area contributed by atoms with Crippen LogP contribution in [0, 0.1) is 0 Å². The SMILES string of the molecule is CCSc1ccc(C(Cc2ccc(CC)cc2)NC)cc1.